The van der Waals surface area contributed by atoms with E-state index in [-0.39, 0.29) is 153 Å². The quantitative estimate of drug-likeness (QED) is 0.0220. The summed E-state index contributed by atoms with van der Waals surface area (Å²) in [7, 11) is -22.4. The van der Waals surface area contributed by atoms with Crippen molar-refractivity contribution in [2.24, 2.45) is 0 Å². The monoisotopic (exact) mass is 1160 g/mol. The molecule has 14 N–H and O–H groups in total. The minimum atomic E-state index is -6.20. The van der Waals surface area contributed by atoms with Crippen molar-refractivity contribution in [3.63, 3.8) is 0 Å². The zero-order valence-corrected chi connectivity index (χ0v) is 53.6. The molecule has 2 saturated heterocycles. The molecule has 0 bridgehead atoms. The maximum atomic E-state index is 12.1. The predicted molar refractivity (Wildman–Crippen MR) is 199 cm³/mol. The Morgan fingerprint density at radius 3 is 1.27 bits per heavy atom. The number of carbonyl (C=O) groups excluding carboxylic acids is 5. The second-order valence-electron chi connectivity index (χ2n) is 14.4. The van der Waals surface area contributed by atoms with Crippen LogP contribution in [0, 0.1) is 0 Å². The molecule has 42 heteroatoms. The maximum absolute atomic E-state index is 12.1. The molecule has 2 aliphatic heterocycles. The average molecular weight is 1160 g/mol. The number of nitrogens with one attached hydrogen (secondary N) is 2. The van der Waals surface area contributed by atoms with Crippen molar-refractivity contribution in [1.29, 1.82) is 0 Å². The summed E-state index contributed by atoms with van der Waals surface area (Å²) in [4.78, 5) is 147. The van der Waals surface area contributed by atoms with Gasteiger partial charge in [0.25, 0.3) is 16.9 Å². The number of methoxy groups -OCH3 is 1. The van der Waals surface area contributed by atoms with Crippen molar-refractivity contribution in [3.8, 4) is 0 Å². The summed E-state index contributed by atoms with van der Waals surface area (Å²) in [6, 6.07) is 0. The number of aliphatic carboxylic acids is 1. The minimum Gasteiger partial charge on any atom is -0.870 e. The molecule has 2 heterocycles. The summed E-state index contributed by atoms with van der Waals surface area (Å²) in [6.07, 6.45) is -13.3. The summed E-state index contributed by atoms with van der Waals surface area (Å²) in [5.74, 6) is -8.57. The Balaban J connectivity index is -0.000000171. The Hall–Kier alpha value is 2.38. The van der Waals surface area contributed by atoms with Gasteiger partial charge in [0.05, 0.1) is 7.11 Å². The summed E-state index contributed by atoms with van der Waals surface area (Å²) in [5, 5.41) is 59.4. The summed E-state index contributed by atoms with van der Waals surface area (Å²) in [6.45, 7) is 3.40. The van der Waals surface area contributed by atoms with Gasteiger partial charge in [-0.1, -0.05) is 0 Å². The summed E-state index contributed by atoms with van der Waals surface area (Å²) >= 11 is 0. The molecule has 2 rings (SSSR count). The standard InChI is InChI=1S/C12H23NO12P2.C9H14O6.C8H17NO12P2.5Na.H2O/c1-11(2)24-8(7(15)6-14)9(25-11)10(16)13-5-3-4-12(17,26(18,19)20)27(21,22)23;1-9(2)14-6(5(11)4-10)7(15-9)8(12)13-3;10-4(5(11)7(13)14)6(12)9-3-1-2-8(15,22(16,17)18)23(19,20)21;;;;;;/h8-9,14,17H,3-6H2,1-2H3,(H,13,16)(H2,18,19,20)(H2,21,22,23);6-7,10H,4H2,1-3H3;4-5,10-11,15H,1-3H2,(H,9,12)(H,13,14)(H2,16,17,18)(H2,19,20,21);;;;;;1H2/q;;;5*+1;/p-5/t8?,9-;6?,7-;4-,5?;;;;;;/m000....../s1. The van der Waals surface area contributed by atoms with Crippen LogP contribution in [0.3, 0.4) is 0 Å². The Bertz CT molecular complexity index is 1840. The van der Waals surface area contributed by atoms with Crippen molar-refractivity contribution in [2.75, 3.05) is 33.4 Å². The first kappa shape index (κ1) is 87.2. The first-order chi connectivity index (χ1) is 29.1. The number of hydrogen-bond donors (Lipinski definition) is 13. The number of esters is 1. The first-order valence-corrected chi connectivity index (χ1v) is 24.2. The third-order valence-electron chi connectivity index (χ3n) is 8.44. The van der Waals surface area contributed by atoms with E-state index in [9.17, 15) is 76.8 Å². The van der Waals surface area contributed by atoms with Crippen LogP contribution in [0.5, 0.6) is 0 Å². The van der Waals surface area contributed by atoms with E-state index in [1.165, 1.54) is 21.0 Å². The second kappa shape index (κ2) is 35.9. The molecule has 6 atom stereocenters. The molecule has 0 aliphatic carbocycles. The van der Waals surface area contributed by atoms with Crippen molar-refractivity contribution < 1.29 is 299 Å². The molecule has 33 nitrogen and oxygen atoms in total. The third-order valence-corrected chi connectivity index (χ3v) is 16.0. The normalized spacial score (nSPS) is 20.0. The molecule has 0 aromatic carbocycles. The molecule has 0 aromatic heterocycles. The van der Waals surface area contributed by atoms with E-state index in [1.54, 1.807) is 13.8 Å². The molecule has 0 spiro atoms. The summed E-state index contributed by atoms with van der Waals surface area (Å²) in [5.41, 5.74) is 0. The fraction of sp³-hybridized carbons (Fsp3) is 0.793. The molecule has 2 amide bonds. The molecule has 3 unspecified atom stereocenters. The number of carboxylic acid groups (broad SMARTS) is 1. The van der Waals surface area contributed by atoms with E-state index in [0.29, 0.717) is 0 Å². The molecule has 2 aliphatic rings. The van der Waals surface area contributed by atoms with Crippen molar-refractivity contribution >= 4 is 65.7 Å². The smallest absolute Gasteiger partial charge is 0.870 e. The number of ether oxygens (including phenoxy) is 5. The van der Waals surface area contributed by atoms with Gasteiger partial charge in [0.15, 0.2) is 59.8 Å². The molecular weight excluding hydrogens is 1110 g/mol. The number of amides is 2. The second-order valence-corrected chi connectivity index (χ2v) is 22.2. The van der Waals surface area contributed by atoms with Crippen LogP contribution in [0.4, 0.5) is 0 Å². The number of hydrogen-bond acceptors (Lipinski definition) is 26. The molecule has 0 aromatic rings. The number of aliphatic hydroxyl groups is 6. The van der Waals surface area contributed by atoms with Gasteiger partial charge in [0.1, 0.15) is 18.3 Å². The Morgan fingerprint density at radius 1 is 0.620 bits per heavy atom. The van der Waals surface area contributed by atoms with Crippen LogP contribution >= 0.6 is 30.4 Å². The molecule has 388 valence electrons. The van der Waals surface area contributed by atoms with Crippen LogP contribution in [0.2, 0.25) is 0 Å². The van der Waals surface area contributed by atoms with Gasteiger partial charge in [-0.15, -0.1) is 0 Å². The van der Waals surface area contributed by atoms with Crippen LogP contribution < -0.4 is 178 Å². The molecule has 71 heavy (non-hydrogen) atoms. The predicted octanol–water partition coefficient (Wildman–Crippen LogP) is -23.8. The third kappa shape index (κ3) is 26.5. The molecule has 0 radical (unpaired) electrons. The van der Waals surface area contributed by atoms with Crippen molar-refractivity contribution in [2.45, 2.75) is 112 Å². The van der Waals surface area contributed by atoms with Gasteiger partial charge in [-0.25, -0.2) is 9.59 Å². The van der Waals surface area contributed by atoms with E-state index < -0.39 is 176 Å². The van der Waals surface area contributed by atoms with Gasteiger partial charge < -0.3 is 124 Å². The summed E-state index contributed by atoms with van der Waals surface area (Å²) < 4.78 is 69.3. The van der Waals surface area contributed by atoms with Crippen LogP contribution in [0.1, 0.15) is 53.4 Å². The van der Waals surface area contributed by atoms with Gasteiger partial charge in [-0.05, 0) is 62.1 Å². The van der Waals surface area contributed by atoms with Crippen LogP contribution in [0.15, 0.2) is 0 Å². The maximum Gasteiger partial charge on any atom is 1.00 e. The number of Topliss-reactive ketones (excluding diaryl/α,β-unsaturated/α-hetero) is 2. The fourth-order valence-corrected chi connectivity index (χ4v) is 9.42. The van der Waals surface area contributed by atoms with E-state index in [0.717, 1.165) is 0 Å². The van der Waals surface area contributed by atoms with Gasteiger partial charge in [0.2, 0.25) is 0 Å². The number of rotatable bonds is 21. The van der Waals surface area contributed by atoms with E-state index in [1.807, 2.05) is 5.32 Å². The van der Waals surface area contributed by atoms with Gasteiger partial charge in [-0.2, -0.15) is 0 Å². The van der Waals surface area contributed by atoms with E-state index in [2.05, 4.69) is 10.1 Å². The van der Waals surface area contributed by atoms with Crippen molar-refractivity contribution in [1.82, 2.24) is 10.6 Å². The zero-order chi connectivity index (χ0) is 51.5. The van der Waals surface area contributed by atoms with Gasteiger partial charge >= 0.3 is 175 Å². The molecule has 0 saturated carbocycles. The zero-order valence-electron chi connectivity index (χ0n) is 40.0. The Labute approximate surface area is 514 Å². The number of aliphatic hydroxyl groups excluding tert-OH is 4. The average Bonchev–Trinajstić information content (AvgIpc) is 3.69. The number of ketones is 2. The first-order valence-electron chi connectivity index (χ1n) is 17.9. The Kier molecular flexibility index (Phi) is 44.1. The largest absolute Gasteiger partial charge is 1.00 e. The minimum absolute atomic E-state index is 0. The van der Waals surface area contributed by atoms with Crippen LogP contribution in [-0.4, -0.2) is 188 Å². The Morgan fingerprint density at radius 2 is 0.944 bits per heavy atom. The van der Waals surface area contributed by atoms with Crippen LogP contribution in [-0.2, 0) is 70.7 Å². The van der Waals surface area contributed by atoms with Gasteiger partial charge in [0, 0.05) is 19.5 Å². The van der Waals surface area contributed by atoms with Gasteiger partial charge in [-0.3, -0.25) is 28.3 Å². The van der Waals surface area contributed by atoms with Crippen molar-refractivity contribution in [3.05, 3.63) is 0 Å². The fourth-order valence-electron chi connectivity index (χ4n) is 5.10. The van der Waals surface area contributed by atoms with E-state index >= 15 is 0 Å². The topological polar surface area (TPSA) is 586 Å². The number of carboxylic acids is 1. The molecular formula is C29H51N2Na5O31P4. The molecule has 2 fully saturated rings. The van der Waals surface area contributed by atoms with Crippen LogP contribution in [0.25, 0.3) is 0 Å². The SMILES string of the molecule is CC1(C)OC(C(=O)CO)[C@@H](C(=O)NCCCC(O)(P(=O)([O-])[O-])P(=O)([O-])[O-])O1.COC(=O)[C@H]1OC(C)(C)OC1C(=O)CO.O=C(O)C(O)[C@H](O)C(=O)NCCCC(O)(P(=O)(O)O)P(=O)(O)O.[Na+].[Na+].[Na+].[Na+].[Na+].[OH-]. The number of carbonyl (C=O) groups is 6. The van der Waals surface area contributed by atoms with E-state index in [4.69, 9.17) is 64.1 Å².